The smallest absolute Gasteiger partial charge is 0.182 e. The fourth-order valence-corrected chi connectivity index (χ4v) is 9.13. The van der Waals surface area contributed by atoms with E-state index in [0.29, 0.717) is 28.9 Å². The Morgan fingerprint density at radius 1 is 0.400 bits per heavy atom. The summed E-state index contributed by atoms with van der Waals surface area (Å²) in [5.74, 6) is 2.10. The van der Waals surface area contributed by atoms with E-state index in [1.807, 2.05) is 60.9 Å². The van der Waals surface area contributed by atoms with E-state index in [1.54, 1.807) is 0 Å². The summed E-state index contributed by atoms with van der Waals surface area (Å²) < 4.78 is 0. The molecule has 0 bridgehead atoms. The van der Waals surface area contributed by atoms with Gasteiger partial charge in [0.15, 0.2) is 17.5 Å². The highest BCUT2D eigenvalue weighted by Crippen LogP contribution is 2.65. The van der Waals surface area contributed by atoms with Gasteiger partial charge >= 0.3 is 0 Å². The lowest BCUT2D eigenvalue weighted by Crippen LogP contribution is -2.33. The van der Waals surface area contributed by atoms with E-state index < -0.39 is 0 Å². The van der Waals surface area contributed by atoms with Gasteiger partial charge in [-0.2, -0.15) is 0 Å². The lowest BCUT2D eigenvalue weighted by Gasteiger charge is -2.36. The predicted molar refractivity (Wildman–Crippen MR) is 219 cm³/mol. The zero-order chi connectivity index (χ0) is 36.3. The third-order valence-corrected chi connectivity index (χ3v) is 11.6. The zero-order valence-electron chi connectivity index (χ0n) is 29.8. The minimum atomic E-state index is -0.354. The van der Waals surface area contributed by atoms with Gasteiger partial charge in [-0.15, -0.1) is 0 Å². The lowest BCUT2D eigenvalue weighted by molar-refractivity contribution is 0.465. The summed E-state index contributed by atoms with van der Waals surface area (Å²) >= 11 is 0. The van der Waals surface area contributed by atoms with Gasteiger partial charge in [-0.3, -0.25) is 9.97 Å². The van der Waals surface area contributed by atoms with Crippen molar-refractivity contribution in [3.8, 4) is 67.8 Å². The van der Waals surface area contributed by atoms with E-state index in [1.165, 1.54) is 33.4 Å². The second-order valence-electron chi connectivity index (χ2n) is 14.4. The van der Waals surface area contributed by atoms with Gasteiger partial charge < -0.3 is 0 Å². The maximum Gasteiger partial charge on any atom is 0.182 e. The van der Waals surface area contributed by atoms with Gasteiger partial charge in [0.1, 0.15) is 11.4 Å². The van der Waals surface area contributed by atoms with Crippen molar-refractivity contribution in [3.63, 3.8) is 0 Å². The molecule has 0 fully saturated rings. The Bertz CT molecular complexity index is 2710. The summed E-state index contributed by atoms with van der Waals surface area (Å²) in [5.41, 5.74) is 14.1. The van der Waals surface area contributed by atoms with Crippen molar-refractivity contribution in [1.82, 2.24) is 24.9 Å². The van der Waals surface area contributed by atoms with Crippen LogP contribution in [0.15, 0.2) is 188 Å². The molecule has 5 nitrogen and oxygen atoms in total. The minimum Gasteiger partial charge on any atom is -0.252 e. The zero-order valence-corrected chi connectivity index (χ0v) is 29.8. The van der Waals surface area contributed by atoms with Crippen LogP contribution in [0.25, 0.3) is 67.8 Å². The molecule has 258 valence electrons. The summed E-state index contributed by atoms with van der Waals surface area (Å²) in [5, 5.41) is 0. The molecule has 55 heavy (non-hydrogen) atoms. The largest absolute Gasteiger partial charge is 0.252 e. The van der Waals surface area contributed by atoms with Crippen molar-refractivity contribution >= 4 is 0 Å². The summed E-state index contributed by atoms with van der Waals surface area (Å²) in [6, 6.07) is 53.4. The molecule has 3 aromatic heterocycles. The Morgan fingerprint density at radius 2 is 0.945 bits per heavy atom. The molecule has 3 atom stereocenters. The van der Waals surface area contributed by atoms with E-state index in [4.69, 9.17) is 24.9 Å². The molecule has 0 amide bonds. The number of hydrogen-bond acceptors (Lipinski definition) is 5. The molecule has 3 aliphatic rings. The third-order valence-electron chi connectivity index (χ3n) is 11.6. The van der Waals surface area contributed by atoms with Gasteiger partial charge in [0, 0.05) is 40.9 Å². The molecule has 5 heteroatoms. The molecule has 1 spiro atoms. The van der Waals surface area contributed by atoms with Crippen LogP contribution in [0.4, 0.5) is 0 Å². The van der Waals surface area contributed by atoms with Gasteiger partial charge in [0.05, 0.1) is 5.41 Å². The Morgan fingerprint density at radius 3 is 1.60 bits per heavy atom. The molecule has 0 saturated heterocycles. The van der Waals surface area contributed by atoms with Gasteiger partial charge in [0.2, 0.25) is 0 Å². The number of allylic oxidation sites excluding steroid dienone is 4. The van der Waals surface area contributed by atoms with Crippen LogP contribution in [0.2, 0.25) is 0 Å². The van der Waals surface area contributed by atoms with Crippen molar-refractivity contribution in [2.45, 2.75) is 11.3 Å². The molecule has 11 rings (SSSR count). The topological polar surface area (TPSA) is 64.5 Å². The van der Waals surface area contributed by atoms with Crippen molar-refractivity contribution in [1.29, 1.82) is 0 Å². The first kappa shape index (κ1) is 31.4. The average Bonchev–Trinajstić information content (AvgIpc) is 3.74. The van der Waals surface area contributed by atoms with E-state index in [0.717, 1.165) is 27.8 Å². The molecule has 8 aromatic rings. The number of aromatic nitrogens is 5. The first-order valence-corrected chi connectivity index (χ1v) is 18.7. The average molecular weight is 704 g/mol. The molecule has 5 aromatic carbocycles. The Balaban J connectivity index is 1.09. The Hall–Kier alpha value is -7.11. The second-order valence-corrected chi connectivity index (χ2v) is 14.4. The highest BCUT2D eigenvalue weighted by atomic mass is 15.1. The van der Waals surface area contributed by atoms with Crippen LogP contribution in [-0.2, 0) is 5.41 Å². The summed E-state index contributed by atoms with van der Waals surface area (Å²) in [6.45, 7) is 0. The molecular weight excluding hydrogens is 671 g/mol. The van der Waals surface area contributed by atoms with Crippen LogP contribution in [0.3, 0.4) is 0 Å². The fraction of sp³-hybridized carbons (Fsp3) is 0.0600. The quantitative estimate of drug-likeness (QED) is 0.179. The molecule has 3 heterocycles. The SMILES string of the molecule is C1=CC2c3ccccc3C3(c4ccccc4-c4ccc(-c5nc(-c6ccc(-c7ccccc7)cn6)nc(-c6ccc(-c7ccccc7)cn6)n5)cc43)C2C=C1. The summed E-state index contributed by atoms with van der Waals surface area (Å²) in [4.78, 5) is 25.0. The van der Waals surface area contributed by atoms with Crippen molar-refractivity contribution in [3.05, 3.63) is 211 Å². The van der Waals surface area contributed by atoms with E-state index >= 15 is 0 Å². The summed E-state index contributed by atoms with van der Waals surface area (Å²) in [6.07, 6.45) is 13.0. The highest BCUT2D eigenvalue weighted by molar-refractivity contribution is 5.87. The molecule has 0 radical (unpaired) electrons. The number of hydrogen-bond donors (Lipinski definition) is 0. The number of fused-ring (bicyclic) bond motifs is 10. The van der Waals surface area contributed by atoms with Crippen LogP contribution in [-0.4, -0.2) is 24.9 Å². The summed E-state index contributed by atoms with van der Waals surface area (Å²) in [7, 11) is 0. The second kappa shape index (κ2) is 12.5. The van der Waals surface area contributed by atoms with Crippen LogP contribution < -0.4 is 0 Å². The lowest BCUT2D eigenvalue weighted by atomic mass is 9.65. The van der Waals surface area contributed by atoms with E-state index in [9.17, 15) is 0 Å². The molecule has 3 aliphatic carbocycles. The van der Waals surface area contributed by atoms with E-state index in [-0.39, 0.29) is 17.3 Å². The Labute approximate surface area is 319 Å². The van der Waals surface area contributed by atoms with Crippen LogP contribution >= 0.6 is 0 Å². The van der Waals surface area contributed by atoms with Gasteiger partial charge in [-0.05, 0) is 62.7 Å². The number of benzene rings is 5. The van der Waals surface area contributed by atoms with Crippen LogP contribution in [0.1, 0.15) is 28.2 Å². The number of rotatable bonds is 5. The van der Waals surface area contributed by atoms with Gasteiger partial charge in [-0.1, -0.05) is 158 Å². The van der Waals surface area contributed by atoms with E-state index in [2.05, 4.69) is 127 Å². The molecule has 0 N–H and O–H groups in total. The monoisotopic (exact) mass is 703 g/mol. The minimum absolute atomic E-state index is 0.233. The van der Waals surface area contributed by atoms with Crippen molar-refractivity contribution in [2.24, 2.45) is 5.92 Å². The maximum absolute atomic E-state index is 5.14. The fourth-order valence-electron chi connectivity index (χ4n) is 9.13. The van der Waals surface area contributed by atoms with Crippen molar-refractivity contribution in [2.75, 3.05) is 0 Å². The van der Waals surface area contributed by atoms with Gasteiger partial charge in [-0.25, -0.2) is 15.0 Å². The molecule has 3 unspecified atom stereocenters. The normalized spacial score (nSPS) is 18.5. The third kappa shape index (κ3) is 4.90. The Kier molecular flexibility index (Phi) is 7.14. The molecule has 0 aliphatic heterocycles. The first-order chi connectivity index (χ1) is 27.3. The standard InChI is InChI=1S/C50H33N5/c1-3-13-32(14-4-1)35-24-27-45(51-30-35)48-53-47(54-49(55-48)46-28-25-36(31-52-46)33-15-5-2-6-16-33)34-23-26-40-39-19-9-12-22-43(39)50(44(40)29-34)41-20-10-7-17-37(41)38-18-8-11-21-42(38)50/h1-31,37,41H. The predicted octanol–water partition coefficient (Wildman–Crippen LogP) is 11.2. The van der Waals surface area contributed by atoms with Crippen LogP contribution in [0, 0.1) is 5.92 Å². The maximum atomic E-state index is 5.14. The number of pyridine rings is 2. The molecular formula is C50H33N5. The highest BCUT2D eigenvalue weighted by Gasteiger charge is 2.56. The first-order valence-electron chi connectivity index (χ1n) is 18.7. The number of nitrogens with zero attached hydrogens (tertiary/aromatic N) is 5. The molecule has 0 saturated carbocycles. The van der Waals surface area contributed by atoms with Crippen molar-refractivity contribution < 1.29 is 0 Å². The van der Waals surface area contributed by atoms with Gasteiger partial charge in [0.25, 0.3) is 0 Å². The van der Waals surface area contributed by atoms with Crippen LogP contribution in [0.5, 0.6) is 0 Å².